The molecule has 7 nitrogen and oxygen atoms in total. The molecule has 0 fully saturated rings. The standard InChI is InChI=1S/C24H22N4O3/c1-3-31-23(30)22-21(16-8-5-4-6-9-16)20(15(2)26-22)19-12-13-25-24(28-19)27-17-10-7-11-18(29)14-17/h4-14,26,29H,3H2,1-2H3,(H,25,27,28). The van der Waals surface area contributed by atoms with Crippen LogP contribution in [0.4, 0.5) is 11.6 Å². The lowest BCUT2D eigenvalue weighted by Crippen LogP contribution is -2.06. The number of aromatic nitrogens is 3. The highest BCUT2D eigenvalue weighted by Gasteiger charge is 2.24. The lowest BCUT2D eigenvalue weighted by atomic mass is 9.98. The smallest absolute Gasteiger partial charge is 0.355 e. The van der Waals surface area contributed by atoms with E-state index in [0.29, 0.717) is 23.0 Å². The van der Waals surface area contributed by atoms with Gasteiger partial charge in [0.05, 0.1) is 12.3 Å². The number of hydrogen-bond donors (Lipinski definition) is 3. The van der Waals surface area contributed by atoms with Gasteiger partial charge in [-0.3, -0.25) is 0 Å². The van der Waals surface area contributed by atoms with Crippen LogP contribution in [0.2, 0.25) is 0 Å². The van der Waals surface area contributed by atoms with Crippen LogP contribution < -0.4 is 5.32 Å². The SMILES string of the molecule is CCOC(=O)c1[nH]c(C)c(-c2ccnc(Nc3cccc(O)c3)n2)c1-c1ccccc1. The predicted octanol–water partition coefficient (Wildman–Crippen LogP) is 5.07. The van der Waals surface area contributed by atoms with Crippen LogP contribution >= 0.6 is 0 Å². The van der Waals surface area contributed by atoms with E-state index in [0.717, 1.165) is 22.4 Å². The highest BCUT2D eigenvalue weighted by atomic mass is 16.5. The average molecular weight is 414 g/mol. The molecular weight excluding hydrogens is 392 g/mol. The fraction of sp³-hybridized carbons (Fsp3) is 0.125. The molecule has 0 saturated heterocycles. The largest absolute Gasteiger partial charge is 0.508 e. The maximum Gasteiger partial charge on any atom is 0.355 e. The fourth-order valence-electron chi connectivity index (χ4n) is 3.47. The fourth-order valence-corrected chi connectivity index (χ4v) is 3.47. The Hall–Kier alpha value is -4.13. The third kappa shape index (κ3) is 4.25. The summed E-state index contributed by atoms with van der Waals surface area (Å²) in [6, 6.07) is 18.2. The molecule has 0 radical (unpaired) electrons. The van der Waals surface area contributed by atoms with Crippen molar-refractivity contribution >= 4 is 17.6 Å². The van der Waals surface area contributed by atoms with Gasteiger partial charge in [0.2, 0.25) is 5.95 Å². The van der Waals surface area contributed by atoms with Crippen LogP contribution in [0.3, 0.4) is 0 Å². The molecule has 2 aromatic carbocycles. The van der Waals surface area contributed by atoms with Gasteiger partial charge in [-0.2, -0.15) is 0 Å². The third-order valence-corrected chi connectivity index (χ3v) is 4.74. The minimum atomic E-state index is -0.414. The summed E-state index contributed by atoms with van der Waals surface area (Å²) in [4.78, 5) is 24.8. The van der Waals surface area contributed by atoms with Crippen molar-refractivity contribution in [2.45, 2.75) is 13.8 Å². The molecule has 0 aliphatic carbocycles. The molecule has 156 valence electrons. The molecule has 2 aromatic heterocycles. The highest BCUT2D eigenvalue weighted by molar-refractivity contribution is 6.01. The number of phenolic OH excluding ortho intramolecular Hbond substituents is 1. The second-order valence-corrected chi connectivity index (χ2v) is 6.90. The first-order chi connectivity index (χ1) is 15.1. The number of H-pyrrole nitrogens is 1. The van der Waals surface area contributed by atoms with Crippen LogP contribution in [0, 0.1) is 6.92 Å². The zero-order valence-electron chi connectivity index (χ0n) is 17.2. The van der Waals surface area contributed by atoms with E-state index in [2.05, 4.69) is 20.3 Å². The molecule has 0 aliphatic rings. The van der Waals surface area contributed by atoms with E-state index in [1.807, 2.05) is 43.3 Å². The monoisotopic (exact) mass is 414 g/mol. The Kier molecular flexibility index (Phi) is 5.66. The highest BCUT2D eigenvalue weighted by Crippen LogP contribution is 2.37. The van der Waals surface area contributed by atoms with E-state index < -0.39 is 5.97 Å². The second-order valence-electron chi connectivity index (χ2n) is 6.90. The first kappa shape index (κ1) is 20.2. The van der Waals surface area contributed by atoms with E-state index in [1.54, 1.807) is 37.4 Å². The second kappa shape index (κ2) is 8.71. The summed E-state index contributed by atoms with van der Waals surface area (Å²) in [6.07, 6.45) is 1.65. The Bertz CT molecular complexity index is 1220. The summed E-state index contributed by atoms with van der Waals surface area (Å²) in [5, 5.41) is 12.8. The van der Waals surface area contributed by atoms with Gasteiger partial charge in [-0.1, -0.05) is 36.4 Å². The van der Waals surface area contributed by atoms with Crippen molar-refractivity contribution in [1.82, 2.24) is 15.0 Å². The minimum absolute atomic E-state index is 0.146. The number of anilines is 2. The molecule has 4 rings (SSSR count). The van der Waals surface area contributed by atoms with E-state index >= 15 is 0 Å². The summed E-state index contributed by atoms with van der Waals surface area (Å²) in [7, 11) is 0. The predicted molar refractivity (Wildman–Crippen MR) is 119 cm³/mol. The van der Waals surface area contributed by atoms with Crippen LogP contribution in [0.5, 0.6) is 5.75 Å². The maximum absolute atomic E-state index is 12.7. The number of nitrogens with one attached hydrogen (secondary N) is 2. The number of rotatable bonds is 6. The molecule has 3 N–H and O–H groups in total. The number of aromatic hydroxyl groups is 1. The number of aromatic amines is 1. The number of esters is 1. The summed E-state index contributed by atoms with van der Waals surface area (Å²) in [5.74, 6) is 0.108. The lowest BCUT2D eigenvalue weighted by molar-refractivity contribution is 0.0521. The normalized spacial score (nSPS) is 10.6. The Morgan fingerprint density at radius 1 is 1.10 bits per heavy atom. The molecule has 0 spiro atoms. The van der Waals surface area contributed by atoms with Gasteiger partial charge in [-0.15, -0.1) is 0 Å². The van der Waals surface area contributed by atoms with Gasteiger partial charge in [0.15, 0.2) is 0 Å². The van der Waals surface area contributed by atoms with E-state index in [-0.39, 0.29) is 12.4 Å². The lowest BCUT2D eigenvalue weighted by Gasteiger charge is -2.10. The molecule has 0 bridgehead atoms. The van der Waals surface area contributed by atoms with Crippen molar-refractivity contribution in [3.05, 3.63) is 78.2 Å². The number of nitrogens with zero attached hydrogens (tertiary/aromatic N) is 2. The Morgan fingerprint density at radius 3 is 2.65 bits per heavy atom. The summed E-state index contributed by atoms with van der Waals surface area (Å²) in [6.45, 7) is 3.96. The average Bonchev–Trinajstić information content (AvgIpc) is 3.12. The van der Waals surface area contributed by atoms with E-state index in [9.17, 15) is 9.90 Å². The zero-order chi connectivity index (χ0) is 21.8. The molecule has 4 aromatic rings. The van der Waals surface area contributed by atoms with Gasteiger partial charge in [-0.05, 0) is 37.6 Å². The number of hydrogen-bond acceptors (Lipinski definition) is 6. The van der Waals surface area contributed by atoms with Crippen LogP contribution in [0.1, 0.15) is 23.1 Å². The number of aryl methyl sites for hydroxylation is 1. The summed E-state index contributed by atoms with van der Waals surface area (Å²) in [5.41, 5.74) is 4.92. The Morgan fingerprint density at radius 2 is 1.90 bits per heavy atom. The summed E-state index contributed by atoms with van der Waals surface area (Å²) >= 11 is 0. The number of ether oxygens (including phenoxy) is 1. The van der Waals surface area contributed by atoms with E-state index in [4.69, 9.17) is 4.74 Å². The number of benzene rings is 2. The van der Waals surface area contributed by atoms with Gasteiger partial charge in [0.1, 0.15) is 11.4 Å². The van der Waals surface area contributed by atoms with Crippen LogP contribution in [-0.2, 0) is 4.74 Å². The Labute approximate surface area is 179 Å². The molecular formula is C24H22N4O3. The van der Waals surface area contributed by atoms with Crippen LogP contribution in [0.25, 0.3) is 22.4 Å². The zero-order valence-corrected chi connectivity index (χ0v) is 17.2. The van der Waals surface area contributed by atoms with Gasteiger partial charge in [-0.25, -0.2) is 14.8 Å². The molecule has 0 atom stereocenters. The van der Waals surface area contributed by atoms with Gasteiger partial charge in [0.25, 0.3) is 0 Å². The first-order valence-electron chi connectivity index (χ1n) is 9.91. The van der Waals surface area contributed by atoms with Gasteiger partial charge >= 0.3 is 5.97 Å². The van der Waals surface area contributed by atoms with E-state index in [1.165, 1.54) is 0 Å². The summed E-state index contributed by atoms with van der Waals surface area (Å²) < 4.78 is 5.27. The topological polar surface area (TPSA) is 100 Å². The Balaban J connectivity index is 1.82. The molecule has 31 heavy (non-hydrogen) atoms. The van der Waals surface area contributed by atoms with Gasteiger partial charge < -0.3 is 20.1 Å². The van der Waals surface area contributed by atoms with Crippen molar-refractivity contribution in [3.8, 4) is 28.1 Å². The molecule has 7 heteroatoms. The molecule has 2 heterocycles. The third-order valence-electron chi connectivity index (χ3n) is 4.74. The van der Waals surface area contributed by atoms with Crippen molar-refractivity contribution in [3.63, 3.8) is 0 Å². The number of carbonyl (C=O) groups excluding carboxylic acids is 1. The number of phenols is 1. The van der Waals surface area contributed by atoms with Crippen molar-refractivity contribution in [2.75, 3.05) is 11.9 Å². The molecule has 0 saturated carbocycles. The minimum Gasteiger partial charge on any atom is -0.508 e. The van der Waals surface area contributed by atoms with Crippen molar-refractivity contribution in [1.29, 1.82) is 0 Å². The quantitative estimate of drug-likeness (QED) is 0.381. The molecule has 0 amide bonds. The molecule has 0 aliphatic heterocycles. The molecule has 0 unspecified atom stereocenters. The first-order valence-corrected chi connectivity index (χ1v) is 9.91. The van der Waals surface area contributed by atoms with Crippen molar-refractivity contribution in [2.24, 2.45) is 0 Å². The van der Waals surface area contributed by atoms with Crippen molar-refractivity contribution < 1.29 is 14.6 Å². The maximum atomic E-state index is 12.7. The van der Waals surface area contributed by atoms with Gasteiger partial charge in [0, 0.05) is 34.8 Å². The number of carbonyl (C=O) groups is 1. The van der Waals surface area contributed by atoms with Crippen LogP contribution in [0.15, 0.2) is 66.9 Å². The van der Waals surface area contributed by atoms with Crippen LogP contribution in [-0.4, -0.2) is 32.6 Å².